The van der Waals surface area contributed by atoms with Crippen LogP contribution in [0.15, 0.2) is 12.3 Å². The van der Waals surface area contributed by atoms with Crippen LogP contribution in [0.4, 0.5) is 0 Å². The first-order valence-electron chi connectivity index (χ1n) is 5.17. The largest absolute Gasteiger partial charge is 0.479 e. The highest BCUT2D eigenvalue weighted by molar-refractivity contribution is 7.99. The normalized spacial score (nSPS) is 23.6. The minimum Gasteiger partial charge on any atom is -0.479 e. The number of rotatable bonds is 3. The van der Waals surface area contributed by atoms with Gasteiger partial charge in [-0.15, -0.1) is 0 Å². The van der Waals surface area contributed by atoms with Gasteiger partial charge < -0.3 is 10.4 Å². The van der Waals surface area contributed by atoms with E-state index in [9.17, 15) is 14.7 Å². The molecule has 1 amide bonds. The summed E-state index contributed by atoms with van der Waals surface area (Å²) in [6.45, 7) is 0. The van der Waals surface area contributed by atoms with Crippen molar-refractivity contribution in [2.24, 2.45) is 7.05 Å². The molecular weight excluding hydrogens is 242 g/mol. The van der Waals surface area contributed by atoms with E-state index >= 15 is 0 Å². The minimum atomic E-state index is -1.14. The lowest BCUT2D eigenvalue weighted by Crippen LogP contribution is -2.54. The molecule has 0 bridgehead atoms. The van der Waals surface area contributed by atoms with E-state index < -0.39 is 17.4 Å². The SMILES string of the molecule is Cn1ccc(C(=O)NC2(C(=O)O)CCSC2)n1. The summed E-state index contributed by atoms with van der Waals surface area (Å²) in [5, 5.41) is 15.7. The Kier molecular flexibility index (Phi) is 3.10. The van der Waals surface area contributed by atoms with Crippen LogP contribution in [0.3, 0.4) is 0 Å². The fourth-order valence-corrected chi connectivity index (χ4v) is 3.03. The molecule has 1 saturated heterocycles. The van der Waals surface area contributed by atoms with Gasteiger partial charge in [0.2, 0.25) is 0 Å². The van der Waals surface area contributed by atoms with Crippen LogP contribution in [0, 0.1) is 0 Å². The summed E-state index contributed by atoms with van der Waals surface area (Å²) in [7, 11) is 1.70. The van der Waals surface area contributed by atoms with Gasteiger partial charge in [0.25, 0.3) is 5.91 Å². The van der Waals surface area contributed by atoms with E-state index in [0.29, 0.717) is 12.2 Å². The second-order valence-corrected chi connectivity index (χ2v) is 5.12. The summed E-state index contributed by atoms with van der Waals surface area (Å²) >= 11 is 1.53. The molecule has 2 rings (SSSR count). The fraction of sp³-hybridized carbons (Fsp3) is 0.500. The van der Waals surface area contributed by atoms with Gasteiger partial charge in [-0.3, -0.25) is 9.48 Å². The van der Waals surface area contributed by atoms with E-state index in [1.807, 2.05) is 0 Å². The van der Waals surface area contributed by atoms with Crippen molar-refractivity contribution < 1.29 is 14.7 Å². The van der Waals surface area contributed by atoms with E-state index in [1.165, 1.54) is 16.4 Å². The average Bonchev–Trinajstić information content (AvgIpc) is 2.87. The third-order valence-corrected chi connectivity index (χ3v) is 3.92. The number of aryl methyl sites for hydroxylation is 1. The lowest BCUT2D eigenvalue weighted by Gasteiger charge is -2.23. The molecule has 17 heavy (non-hydrogen) atoms. The van der Waals surface area contributed by atoms with Crippen LogP contribution < -0.4 is 5.32 Å². The lowest BCUT2D eigenvalue weighted by atomic mass is 9.99. The van der Waals surface area contributed by atoms with Crippen LogP contribution in [0.1, 0.15) is 16.9 Å². The molecule has 2 heterocycles. The number of thioether (sulfide) groups is 1. The molecule has 0 spiro atoms. The van der Waals surface area contributed by atoms with Crippen LogP contribution >= 0.6 is 11.8 Å². The summed E-state index contributed by atoms with van der Waals surface area (Å²) in [6.07, 6.45) is 2.09. The molecular formula is C10H13N3O3S. The second kappa shape index (κ2) is 4.40. The summed E-state index contributed by atoms with van der Waals surface area (Å²) in [6, 6.07) is 1.56. The second-order valence-electron chi connectivity index (χ2n) is 4.02. The minimum absolute atomic E-state index is 0.241. The van der Waals surface area contributed by atoms with Gasteiger partial charge in [-0.1, -0.05) is 0 Å². The summed E-state index contributed by atoms with van der Waals surface area (Å²) in [5.41, 5.74) is -0.899. The third kappa shape index (κ3) is 2.28. The smallest absolute Gasteiger partial charge is 0.330 e. The Balaban J connectivity index is 2.14. The van der Waals surface area contributed by atoms with Crippen molar-refractivity contribution in [2.75, 3.05) is 11.5 Å². The predicted octanol–water partition coefficient (Wildman–Crippen LogP) is 0.110. The number of carbonyl (C=O) groups excluding carboxylic acids is 1. The molecule has 0 aliphatic carbocycles. The number of amides is 1. The van der Waals surface area contributed by atoms with Crippen molar-refractivity contribution in [1.82, 2.24) is 15.1 Å². The molecule has 92 valence electrons. The molecule has 2 N–H and O–H groups in total. The lowest BCUT2D eigenvalue weighted by molar-refractivity contribution is -0.143. The molecule has 1 atom stereocenters. The van der Waals surface area contributed by atoms with Crippen molar-refractivity contribution in [3.8, 4) is 0 Å². The number of nitrogens with zero attached hydrogens (tertiary/aromatic N) is 2. The molecule has 1 aliphatic heterocycles. The van der Waals surface area contributed by atoms with Crippen molar-refractivity contribution >= 4 is 23.6 Å². The fourth-order valence-electron chi connectivity index (χ4n) is 1.70. The zero-order valence-electron chi connectivity index (χ0n) is 9.34. The van der Waals surface area contributed by atoms with Crippen LogP contribution in [-0.4, -0.2) is 43.8 Å². The van der Waals surface area contributed by atoms with Gasteiger partial charge in [0.1, 0.15) is 11.2 Å². The molecule has 1 unspecified atom stereocenters. The van der Waals surface area contributed by atoms with Gasteiger partial charge in [-0.25, -0.2) is 4.79 Å². The first kappa shape index (κ1) is 12.0. The van der Waals surface area contributed by atoms with Crippen LogP contribution in [-0.2, 0) is 11.8 Å². The number of hydrogen-bond donors (Lipinski definition) is 2. The highest BCUT2D eigenvalue weighted by Crippen LogP contribution is 2.28. The molecule has 0 saturated carbocycles. The maximum atomic E-state index is 11.9. The number of hydrogen-bond acceptors (Lipinski definition) is 4. The zero-order valence-corrected chi connectivity index (χ0v) is 10.2. The maximum absolute atomic E-state index is 11.9. The molecule has 7 heteroatoms. The summed E-state index contributed by atoms with van der Waals surface area (Å²) in [4.78, 5) is 23.1. The predicted molar refractivity (Wildman–Crippen MR) is 63.0 cm³/mol. The Morgan fingerprint density at radius 3 is 2.88 bits per heavy atom. The number of aliphatic carboxylic acids is 1. The van der Waals surface area contributed by atoms with Crippen molar-refractivity contribution in [1.29, 1.82) is 0 Å². The standard InChI is InChI=1S/C10H13N3O3S/c1-13-4-2-7(12-13)8(14)11-10(9(15)16)3-5-17-6-10/h2,4H,3,5-6H2,1H3,(H,11,14)(H,15,16). The van der Waals surface area contributed by atoms with E-state index in [0.717, 1.165) is 5.75 Å². The molecule has 1 aromatic rings. The van der Waals surface area contributed by atoms with Crippen LogP contribution in [0.2, 0.25) is 0 Å². The average molecular weight is 255 g/mol. The molecule has 1 aromatic heterocycles. The topological polar surface area (TPSA) is 84.2 Å². The highest BCUT2D eigenvalue weighted by atomic mass is 32.2. The first-order valence-corrected chi connectivity index (χ1v) is 6.32. The Labute approximate surface area is 102 Å². The zero-order chi connectivity index (χ0) is 12.5. The van der Waals surface area contributed by atoms with Crippen molar-refractivity contribution in [2.45, 2.75) is 12.0 Å². The monoisotopic (exact) mass is 255 g/mol. The molecule has 1 aliphatic rings. The Hall–Kier alpha value is -1.50. The molecule has 6 nitrogen and oxygen atoms in total. The first-order chi connectivity index (χ1) is 8.03. The quantitative estimate of drug-likeness (QED) is 0.801. The number of carboxylic acid groups (broad SMARTS) is 1. The van der Waals surface area contributed by atoms with E-state index in [1.54, 1.807) is 19.3 Å². The summed E-state index contributed by atoms with van der Waals surface area (Å²) < 4.78 is 1.51. The van der Waals surface area contributed by atoms with Gasteiger partial charge in [0, 0.05) is 19.0 Å². The summed E-state index contributed by atoms with van der Waals surface area (Å²) in [5.74, 6) is -0.266. The van der Waals surface area contributed by atoms with Gasteiger partial charge >= 0.3 is 5.97 Å². The van der Waals surface area contributed by atoms with Crippen molar-refractivity contribution in [3.05, 3.63) is 18.0 Å². The Morgan fingerprint density at radius 2 is 2.41 bits per heavy atom. The third-order valence-electron chi connectivity index (χ3n) is 2.73. The van der Waals surface area contributed by atoms with Gasteiger partial charge in [0.05, 0.1) is 0 Å². The number of carboxylic acids is 1. The van der Waals surface area contributed by atoms with E-state index in [4.69, 9.17) is 0 Å². The molecule has 1 fully saturated rings. The van der Waals surface area contributed by atoms with E-state index in [-0.39, 0.29) is 5.69 Å². The van der Waals surface area contributed by atoms with Gasteiger partial charge in [0.15, 0.2) is 0 Å². The van der Waals surface area contributed by atoms with Gasteiger partial charge in [-0.2, -0.15) is 16.9 Å². The molecule has 0 aromatic carbocycles. The number of aromatic nitrogens is 2. The van der Waals surface area contributed by atoms with E-state index in [2.05, 4.69) is 10.4 Å². The number of carbonyl (C=O) groups is 2. The van der Waals surface area contributed by atoms with Crippen LogP contribution in [0.5, 0.6) is 0 Å². The Bertz CT molecular complexity index is 451. The number of nitrogens with one attached hydrogen (secondary N) is 1. The van der Waals surface area contributed by atoms with Crippen LogP contribution in [0.25, 0.3) is 0 Å². The highest BCUT2D eigenvalue weighted by Gasteiger charge is 2.43. The van der Waals surface area contributed by atoms with Gasteiger partial charge in [-0.05, 0) is 18.2 Å². The Morgan fingerprint density at radius 1 is 1.65 bits per heavy atom. The van der Waals surface area contributed by atoms with Crippen molar-refractivity contribution in [3.63, 3.8) is 0 Å². The maximum Gasteiger partial charge on any atom is 0.330 e. The molecule has 0 radical (unpaired) electrons.